The number of fused-ring (bicyclic) bond motifs is 3. The van der Waals surface area contributed by atoms with Crippen molar-refractivity contribution >= 4 is 28.6 Å². The molecular formula is C22H19N3O3. The van der Waals surface area contributed by atoms with E-state index in [2.05, 4.69) is 10.3 Å². The number of rotatable bonds is 3. The predicted molar refractivity (Wildman–Crippen MR) is 104 cm³/mol. The summed E-state index contributed by atoms with van der Waals surface area (Å²) in [5, 5.41) is 3.67. The van der Waals surface area contributed by atoms with Gasteiger partial charge in [-0.15, -0.1) is 0 Å². The van der Waals surface area contributed by atoms with Crippen LogP contribution in [0.4, 0.5) is 4.79 Å². The van der Waals surface area contributed by atoms with Crippen molar-refractivity contribution in [2.75, 3.05) is 6.54 Å². The number of ketones is 1. The van der Waals surface area contributed by atoms with Crippen LogP contribution in [-0.2, 0) is 16.8 Å². The molecule has 1 aromatic heterocycles. The molecule has 2 aromatic carbocycles. The quantitative estimate of drug-likeness (QED) is 0.547. The minimum absolute atomic E-state index is 0.248. The van der Waals surface area contributed by atoms with Crippen LogP contribution in [0.2, 0.25) is 0 Å². The fraction of sp³-hybridized carbons (Fsp3) is 0.227. The van der Waals surface area contributed by atoms with Crippen molar-refractivity contribution in [3.05, 3.63) is 70.9 Å². The highest BCUT2D eigenvalue weighted by atomic mass is 16.2. The molecule has 2 heterocycles. The van der Waals surface area contributed by atoms with Crippen LogP contribution in [-0.4, -0.2) is 34.2 Å². The molecule has 1 aliphatic heterocycles. The molecule has 0 unspecified atom stereocenters. The molecule has 1 fully saturated rings. The van der Waals surface area contributed by atoms with Crippen molar-refractivity contribution in [3.63, 3.8) is 0 Å². The summed E-state index contributed by atoms with van der Waals surface area (Å²) in [5.41, 5.74) is 3.00. The molecule has 140 valence electrons. The molecule has 3 aromatic rings. The van der Waals surface area contributed by atoms with E-state index in [9.17, 15) is 14.4 Å². The third kappa shape index (κ3) is 2.17. The zero-order chi connectivity index (χ0) is 19.5. The van der Waals surface area contributed by atoms with E-state index in [1.54, 1.807) is 0 Å². The molecule has 0 saturated carbocycles. The molecule has 1 spiro atoms. The minimum atomic E-state index is -1.04. The SMILES string of the molecule is Cc1[nH]c2ccccc2c1C(=O)CN1C(=O)N[C@@]2(CCc3ccccc32)C1=O. The Hall–Kier alpha value is -3.41. The summed E-state index contributed by atoms with van der Waals surface area (Å²) in [5.74, 6) is -0.588. The highest BCUT2D eigenvalue weighted by molar-refractivity contribution is 6.15. The van der Waals surface area contributed by atoms with Gasteiger partial charge in [0.05, 0.1) is 6.54 Å². The number of aryl methyl sites for hydroxylation is 2. The number of imide groups is 1. The number of para-hydroxylation sites is 1. The maximum absolute atomic E-state index is 13.2. The first-order valence-electron chi connectivity index (χ1n) is 9.34. The second-order valence-electron chi connectivity index (χ2n) is 7.48. The lowest BCUT2D eigenvalue weighted by Crippen LogP contribution is -2.42. The molecule has 1 saturated heterocycles. The highest BCUT2D eigenvalue weighted by Crippen LogP contribution is 2.41. The van der Waals surface area contributed by atoms with Crippen LogP contribution < -0.4 is 5.32 Å². The van der Waals surface area contributed by atoms with Gasteiger partial charge in [0.15, 0.2) is 5.78 Å². The first-order valence-corrected chi connectivity index (χ1v) is 9.34. The number of hydrogen-bond acceptors (Lipinski definition) is 3. The summed E-state index contributed by atoms with van der Waals surface area (Å²) in [4.78, 5) is 43.2. The first kappa shape index (κ1) is 16.7. The van der Waals surface area contributed by atoms with Gasteiger partial charge in [-0.25, -0.2) is 4.79 Å². The fourth-order valence-corrected chi connectivity index (χ4v) is 4.59. The Labute approximate surface area is 161 Å². The molecule has 1 aliphatic carbocycles. The third-order valence-corrected chi connectivity index (χ3v) is 5.90. The second-order valence-corrected chi connectivity index (χ2v) is 7.48. The number of carbonyl (C=O) groups excluding carboxylic acids is 3. The van der Waals surface area contributed by atoms with Gasteiger partial charge in [-0.1, -0.05) is 42.5 Å². The molecule has 0 bridgehead atoms. The Kier molecular flexibility index (Phi) is 3.46. The molecule has 1 atom stereocenters. The summed E-state index contributed by atoms with van der Waals surface area (Å²) in [6.45, 7) is 1.56. The van der Waals surface area contributed by atoms with Gasteiger partial charge >= 0.3 is 6.03 Å². The lowest BCUT2D eigenvalue weighted by atomic mass is 9.92. The largest absolute Gasteiger partial charge is 0.358 e. The number of Topliss-reactive ketones (excluding diaryl/α,β-unsaturated/α-hetero) is 1. The number of nitrogens with zero attached hydrogens (tertiary/aromatic N) is 1. The van der Waals surface area contributed by atoms with E-state index >= 15 is 0 Å². The normalized spacial score (nSPS) is 20.8. The Balaban J connectivity index is 1.48. The molecule has 5 rings (SSSR count). The van der Waals surface area contributed by atoms with Gasteiger partial charge in [-0.2, -0.15) is 0 Å². The highest BCUT2D eigenvalue weighted by Gasteiger charge is 2.55. The smallest absolute Gasteiger partial charge is 0.325 e. The van der Waals surface area contributed by atoms with Crippen molar-refractivity contribution in [3.8, 4) is 0 Å². The summed E-state index contributed by atoms with van der Waals surface area (Å²) >= 11 is 0. The molecule has 6 heteroatoms. The molecule has 0 radical (unpaired) electrons. The maximum Gasteiger partial charge on any atom is 0.325 e. The van der Waals surface area contributed by atoms with E-state index < -0.39 is 11.6 Å². The van der Waals surface area contributed by atoms with Crippen molar-refractivity contribution in [1.82, 2.24) is 15.2 Å². The zero-order valence-corrected chi connectivity index (χ0v) is 15.4. The van der Waals surface area contributed by atoms with Crippen LogP contribution in [0, 0.1) is 6.92 Å². The van der Waals surface area contributed by atoms with Crippen LogP contribution in [0.15, 0.2) is 48.5 Å². The van der Waals surface area contributed by atoms with Gasteiger partial charge in [0.2, 0.25) is 0 Å². The van der Waals surface area contributed by atoms with Crippen LogP contribution >= 0.6 is 0 Å². The number of hydrogen-bond donors (Lipinski definition) is 2. The average Bonchev–Trinajstić information content (AvgIpc) is 3.30. The molecule has 2 N–H and O–H groups in total. The number of aromatic nitrogens is 1. The van der Waals surface area contributed by atoms with E-state index in [1.807, 2.05) is 55.5 Å². The minimum Gasteiger partial charge on any atom is -0.358 e. The summed E-state index contributed by atoms with van der Waals surface area (Å²) in [6.07, 6.45) is 1.25. The van der Waals surface area contributed by atoms with Crippen molar-refractivity contribution in [2.45, 2.75) is 25.3 Å². The molecule has 3 amide bonds. The Bertz CT molecular complexity index is 1160. The first-order chi connectivity index (χ1) is 13.5. The van der Waals surface area contributed by atoms with E-state index in [0.29, 0.717) is 12.0 Å². The number of nitrogens with one attached hydrogen (secondary N) is 2. The second kappa shape index (κ2) is 5.79. The number of H-pyrrole nitrogens is 1. The number of benzene rings is 2. The predicted octanol–water partition coefficient (Wildman–Crippen LogP) is 3.05. The number of amides is 3. The van der Waals surface area contributed by atoms with Gasteiger partial charge in [-0.3, -0.25) is 14.5 Å². The standard InChI is InChI=1S/C22H19N3O3/c1-13-19(15-7-3-5-9-17(15)23-13)18(26)12-25-20(27)22(24-21(25)28)11-10-14-6-2-4-8-16(14)22/h2-9,23H,10-12H2,1H3,(H,24,28)/t22-/m1/s1. The Morgan fingerprint density at radius 3 is 2.71 bits per heavy atom. The molecule has 6 nitrogen and oxygen atoms in total. The maximum atomic E-state index is 13.2. The summed E-state index contributed by atoms with van der Waals surface area (Å²) in [7, 11) is 0. The van der Waals surface area contributed by atoms with E-state index in [4.69, 9.17) is 0 Å². The molecule has 28 heavy (non-hydrogen) atoms. The van der Waals surface area contributed by atoms with E-state index in [0.717, 1.165) is 39.0 Å². The number of carbonyl (C=O) groups is 3. The van der Waals surface area contributed by atoms with Crippen molar-refractivity contribution < 1.29 is 14.4 Å². The number of urea groups is 1. The van der Waals surface area contributed by atoms with Crippen LogP contribution in [0.5, 0.6) is 0 Å². The monoisotopic (exact) mass is 373 g/mol. The van der Waals surface area contributed by atoms with Crippen LogP contribution in [0.3, 0.4) is 0 Å². The van der Waals surface area contributed by atoms with Gasteiger partial charge in [0, 0.05) is 22.2 Å². The number of aromatic amines is 1. The lowest BCUT2D eigenvalue weighted by molar-refractivity contribution is -0.131. The Morgan fingerprint density at radius 1 is 1.11 bits per heavy atom. The third-order valence-electron chi connectivity index (χ3n) is 5.90. The van der Waals surface area contributed by atoms with Gasteiger partial charge in [-0.05, 0) is 37.0 Å². The molecular weight excluding hydrogens is 354 g/mol. The zero-order valence-electron chi connectivity index (χ0n) is 15.4. The van der Waals surface area contributed by atoms with Gasteiger partial charge in [0.1, 0.15) is 5.54 Å². The Morgan fingerprint density at radius 2 is 1.86 bits per heavy atom. The van der Waals surface area contributed by atoms with E-state index in [-0.39, 0.29) is 18.2 Å². The van der Waals surface area contributed by atoms with Gasteiger partial charge in [0.25, 0.3) is 5.91 Å². The summed E-state index contributed by atoms with van der Waals surface area (Å²) in [6, 6.07) is 14.7. The topological polar surface area (TPSA) is 82.3 Å². The fourth-order valence-electron chi connectivity index (χ4n) is 4.59. The lowest BCUT2D eigenvalue weighted by Gasteiger charge is -2.22. The summed E-state index contributed by atoms with van der Waals surface area (Å²) < 4.78 is 0. The molecule has 2 aliphatic rings. The van der Waals surface area contributed by atoms with Crippen LogP contribution in [0.1, 0.15) is 33.6 Å². The van der Waals surface area contributed by atoms with Crippen molar-refractivity contribution in [2.24, 2.45) is 0 Å². The van der Waals surface area contributed by atoms with Gasteiger partial charge < -0.3 is 10.3 Å². The van der Waals surface area contributed by atoms with Crippen LogP contribution in [0.25, 0.3) is 10.9 Å². The van der Waals surface area contributed by atoms with Crippen molar-refractivity contribution in [1.29, 1.82) is 0 Å². The average molecular weight is 373 g/mol. The van der Waals surface area contributed by atoms with E-state index in [1.165, 1.54) is 0 Å².